The highest BCUT2D eigenvalue weighted by Gasteiger charge is 2.09. The van der Waals surface area contributed by atoms with Gasteiger partial charge in [0.2, 0.25) is 0 Å². The Labute approximate surface area is 101 Å². The molecular formula is C11H7N5O2. The minimum Gasteiger partial charge on any atom is -0.476 e. The monoisotopic (exact) mass is 241 g/mol. The second kappa shape index (κ2) is 3.88. The Bertz CT molecular complexity index is 737. The minimum absolute atomic E-state index is 0.0632. The molecule has 0 unspecified atom stereocenters. The molecule has 18 heavy (non-hydrogen) atoms. The van der Waals surface area contributed by atoms with E-state index in [2.05, 4.69) is 20.2 Å². The number of carbonyl (C=O) groups is 1. The molecule has 7 heteroatoms. The second-order valence-corrected chi connectivity index (χ2v) is 3.57. The van der Waals surface area contributed by atoms with Crippen molar-refractivity contribution in [1.29, 1.82) is 0 Å². The number of aromatic carboxylic acids is 1. The van der Waals surface area contributed by atoms with Crippen molar-refractivity contribution in [3.05, 3.63) is 42.5 Å². The van der Waals surface area contributed by atoms with Crippen LogP contribution >= 0.6 is 0 Å². The molecular weight excluding hydrogens is 234 g/mol. The molecule has 2 heterocycles. The standard InChI is InChI=1S/C11H7N5O2/c17-10(18)9-5-16(6-12-9)11-13-7-3-1-2-4-8(7)14-15-11/h1-6H,(H,17,18). The van der Waals surface area contributed by atoms with Crippen LogP contribution in [0.5, 0.6) is 0 Å². The second-order valence-electron chi connectivity index (χ2n) is 3.57. The van der Waals surface area contributed by atoms with Gasteiger partial charge in [-0.3, -0.25) is 4.57 Å². The van der Waals surface area contributed by atoms with Gasteiger partial charge < -0.3 is 5.11 Å². The third-order valence-electron chi connectivity index (χ3n) is 2.38. The first-order chi connectivity index (χ1) is 8.74. The molecule has 0 amide bonds. The van der Waals surface area contributed by atoms with Gasteiger partial charge in [-0.15, -0.1) is 10.2 Å². The molecule has 3 rings (SSSR count). The number of benzene rings is 1. The van der Waals surface area contributed by atoms with Crippen molar-refractivity contribution in [2.75, 3.05) is 0 Å². The molecule has 0 saturated carbocycles. The molecule has 0 radical (unpaired) electrons. The highest BCUT2D eigenvalue weighted by molar-refractivity contribution is 5.85. The average Bonchev–Trinajstić information content (AvgIpc) is 2.88. The van der Waals surface area contributed by atoms with Gasteiger partial charge in [0.25, 0.3) is 5.95 Å². The summed E-state index contributed by atoms with van der Waals surface area (Å²) < 4.78 is 1.42. The van der Waals surface area contributed by atoms with Crippen LogP contribution in [-0.2, 0) is 0 Å². The first-order valence-electron chi connectivity index (χ1n) is 5.11. The van der Waals surface area contributed by atoms with Crippen molar-refractivity contribution in [1.82, 2.24) is 24.7 Å². The topological polar surface area (TPSA) is 93.8 Å². The number of rotatable bonds is 2. The lowest BCUT2D eigenvalue weighted by Gasteiger charge is -1.99. The van der Waals surface area contributed by atoms with Gasteiger partial charge >= 0.3 is 5.97 Å². The molecule has 88 valence electrons. The Kier molecular flexibility index (Phi) is 2.23. The quantitative estimate of drug-likeness (QED) is 0.716. The summed E-state index contributed by atoms with van der Waals surface area (Å²) in [6.07, 6.45) is 2.68. The normalized spacial score (nSPS) is 10.7. The summed E-state index contributed by atoms with van der Waals surface area (Å²) in [5, 5.41) is 16.7. The molecule has 0 aliphatic heterocycles. The predicted molar refractivity (Wildman–Crippen MR) is 61.4 cm³/mol. The molecule has 0 spiro atoms. The lowest BCUT2D eigenvalue weighted by molar-refractivity contribution is 0.0691. The molecule has 0 saturated heterocycles. The number of imidazole rings is 1. The van der Waals surface area contributed by atoms with Gasteiger partial charge in [-0.05, 0) is 12.1 Å². The Balaban J connectivity index is 2.10. The molecule has 0 fully saturated rings. The third-order valence-corrected chi connectivity index (χ3v) is 2.38. The first kappa shape index (κ1) is 10.3. The lowest BCUT2D eigenvalue weighted by atomic mass is 10.3. The zero-order chi connectivity index (χ0) is 12.5. The number of aromatic nitrogens is 5. The third kappa shape index (κ3) is 1.67. The van der Waals surface area contributed by atoms with Crippen LogP contribution in [-0.4, -0.2) is 35.8 Å². The molecule has 1 aromatic carbocycles. The van der Waals surface area contributed by atoms with Gasteiger partial charge in [0.05, 0.1) is 5.52 Å². The molecule has 0 atom stereocenters. The SMILES string of the molecule is O=C(O)c1cn(-c2nnc3ccccc3n2)cn1. The van der Waals surface area contributed by atoms with Gasteiger partial charge in [0.15, 0.2) is 5.69 Å². The van der Waals surface area contributed by atoms with E-state index >= 15 is 0 Å². The van der Waals surface area contributed by atoms with Crippen LogP contribution in [0.2, 0.25) is 0 Å². The van der Waals surface area contributed by atoms with E-state index < -0.39 is 5.97 Å². The molecule has 3 aromatic rings. The fourth-order valence-electron chi connectivity index (χ4n) is 1.52. The Morgan fingerprint density at radius 2 is 1.94 bits per heavy atom. The summed E-state index contributed by atoms with van der Waals surface area (Å²) in [7, 11) is 0. The predicted octanol–water partition coefficient (Wildman–Crippen LogP) is 0.909. The Hall–Kier alpha value is -2.83. The molecule has 1 N–H and O–H groups in total. The Morgan fingerprint density at radius 1 is 1.17 bits per heavy atom. The van der Waals surface area contributed by atoms with Crippen molar-refractivity contribution in [2.24, 2.45) is 0 Å². The fraction of sp³-hybridized carbons (Fsp3) is 0. The summed E-state index contributed by atoms with van der Waals surface area (Å²) in [5.41, 5.74) is 1.31. The maximum atomic E-state index is 10.7. The van der Waals surface area contributed by atoms with E-state index in [-0.39, 0.29) is 11.6 Å². The first-order valence-corrected chi connectivity index (χ1v) is 5.11. The maximum Gasteiger partial charge on any atom is 0.356 e. The van der Waals surface area contributed by atoms with Crippen LogP contribution in [0.4, 0.5) is 0 Å². The van der Waals surface area contributed by atoms with Crippen LogP contribution in [0.25, 0.3) is 17.0 Å². The smallest absolute Gasteiger partial charge is 0.356 e. The highest BCUT2D eigenvalue weighted by atomic mass is 16.4. The van der Waals surface area contributed by atoms with E-state index in [9.17, 15) is 4.79 Å². The number of hydrogen-bond acceptors (Lipinski definition) is 5. The van der Waals surface area contributed by atoms with Gasteiger partial charge in [-0.2, -0.15) is 0 Å². The van der Waals surface area contributed by atoms with Gasteiger partial charge in [0.1, 0.15) is 11.8 Å². The molecule has 0 bridgehead atoms. The molecule has 2 aromatic heterocycles. The van der Waals surface area contributed by atoms with Crippen LogP contribution in [0.15, 0.2) is 36.8 Å². The summed E-state index contributed by atoms with van der Waals surface area (Å²) >= 11 is 0. The number of nitrogens with zero attached hydrogens (tertiary/aromatic N) is 5. The minimum atomic E-state index is -1.09. The van der Waals surface area contributed by atoms with Crippen molar-refractivity contribution in [3.8, 4) is 5.95 Å². The zero-order valence-electron chi connectivity index (χ0n) is 9.06. The number of fused-ring (bicyclic) bond motifs is 1. The van der Waals surface area contributed by atoms with Crippen molar-refractivity contribution >= 4 is 17.0 Å². The number of carboxylic acids is 1. The van der Waals surface area contributed by atoms with Crippen molar-refractivity contribution in [3.63, 3.8) is 0 Å². The van der Waals surface area contributed by atoms with Crippen LogP contribution in [0.3, 0.4) is 0 Å². The van der Waals surface area contributed by atoms with E-state index in [0.29, 0.717) is 11.0 Å². The average molecular weight is 241 g/mol. The van der Waals surface area contributed by atoms with E-state index in [1.807, 2.05) is 18.2 Å². The molecule has 0 aliphatic carbocycles. The number of para-hydroxylation sites is 1. The lowest BCUT2D eigenvalue weighted by Crippen LogP contribution is -2.01. The largest absolute Gasteiger partial charge is 0.476 e. The maximum absolute atomic E-state index is 10.7. The summed E-state index contributed by atoms with van der Waals surface area (Å²) in [6.45, 7) is 0. The number of hydrogen-bond donors (Lipinski definition) is 1. The van der Waals surface area contributed by atoms with E-state index in [1.165, 1.54) is 17.1 Å². The van der Waals surface area contributed by atoms with Crippen LogP contribution < -0.4 is 0 Å². The van der Waals surface area contributed by atoms with E-state index in [0.717, 1.165) is 0 Å². The van der Waals surface area contributed by atoms with Crippen molar-refractivity contribution in [2.45, 2.75) is 0 Å². The van der Waals surface area contributed by atoms with Crippen LogP contribution in [0.1, 0.15) is 10.5 Å². The van der Waals surface area contributed by atoms with Gasteiger partial charge in [-0.25, -0.2) is 14.8 Å². The summed E-state index contributed by atoms with van der Waals surface area (Å²) in [6, 6.07) is 7.30. The van der Waals surface area contributed by atoms with E-state index in [4.69, 9.17) is 5.11 Å². The summed E-state index contributed by atoms with van der Waals surface area (Å²) in [4.78, 5) is 18.7. The number of carboxylic acid groups (broad SMARTS) is 1. The Morgan fingerprint density at radius 3 is 2.67 bits per heavy atom. The summed E-state index contributed by atoms with van der Waals surface area (Å²) in [5.74, 6) is -0.809. The van der Waals surface area contributed by atoms with E-state index in [1.54, 1.807) is 6.07 Å². The zero-order valence-corrected chi connectivity index (χ0v) is 9.06. The van der Waals surface area contributed by atoms with Crippen LogP contribution in [0, 0.1) is 0 Å². The van der Waals surface area contributed by atoms with Gasteiger partial charge in [-0.1, -0.05) is 12.1 Å². The van der Waals surface area contributed by atoms with Crippen molar-refractivity contribution < 1.29 is 9.90 Å². The molecule has 7 nitrogen and oxygen atoms in total. The highest BCUT2D eigenvalue weighted by Crippen LogP contribution is 2.09. The molecule has 0 aliphatic rings. The van der Waals surface area contributed by atoms with Gasteiger partial charge in [0, 0.05) is 6.20 Å². The fourth-order valence-corrected chi connectivity index (χ4v) is 1.52.